The number of benzene rings is 1. The fourth-order valence-electron chi connectivity index (χ4n) is 1.47. The highest BCUT2D eigenvalue weighted by atomic mass is 79.9. The third-order valence-corrected chi connectivity index (χ3v) is 3.71. The highest BCUT2D eigenvalue weighted by molar-refractivity contribution is 9.10. The summed E-state index contributed by atoms with van der Waals surface area (Å²) in [5, 5.41) is 4.24. The number of halogens is 4. The number of hydrogen-bond donors (Lipinski definition) is 1. The predicted octanol–water partition coefficient (Wildman–Crippen LogP) is 6.03. The minimum absolute atomic E-state index is 0.243. The van der Waals surface area contributed by atoms with Crippen LogP contribution >= 0.6 is 50.7 Å². The largest absolute Gasteiger partial charge is 0.436 e. The maximum absolute atomic E-state index is 6.09. The lowest BCUT2D eigenvalue weighted by atomic mass is 10.3. The summed E-state index contributed by atoms with van der Waals surface area (Å²) in [5.74, 6) is 1.21. The molecular weight excluding hydrogens is 386 g/mol. The van der Waals surface area contributed by atoms with Crippen molar-refractivity contribution in [2.75, 3.05) is 11.9 Å². The summed E-state index contributed by atoms with van der Waals surface area (Å²) in [5.41, 5.74) is 0. The van der Waals surface area contributed by atoms with E-state index < -0.39 is 0 Å². The van der Waals surface area contributed by atoms with Gasteiger partial charge in [-0.2, -0.15) is 4.98 Å². The van der Waals surface area contributed by atoms with Crippen LogP contribution in [0.3, 0.4) is 0 Å². The molecule has 0 radical (unpaired) electrons. The maximum atomic E-state index is 6.09. The van der Waals surface area contributed by atoms with E-state index >= 15 is 0 Å². The molecule has 0 bridgehead atoms. The Balaban J connectivity index is 2.37. The van der Waals surface area contributed by atoms with Crippen LogP contribution in [0.15, 0.2) is 28.7 Å². The molecule has 1 N–H and O–H groups in total. The molecule has 0 spiro atoms. The van der Waals surface area contributed by atoms with Gasteiger partial charge < -0.3 is 10.1 Å². The van der Waals surface area contributed by atoms with E-state index in [4.69, 9.17) is 39.5 Å². The molecule has 1 aromatic heterocycles. The van der Waals surface area contributed by atoms with Gasteiger partial charge in [0.25, 0.3) is 0 Å². The molecule has 0 amide bonds. The smallest absolute Gasteiger partial charge is 0.240 e. The molecule has 0 aliphatic heterocycles. The Bertz CT molecular complexity index is 637. The topological polar surface area (TPSA) is 34.2 Å². The average Bonchev–Trinajstić information content (AvgIpc) is 2.39. The molecule has 1 heterocycles. The fourth-order valence-corrected chi connectivity index (χ4v) is 2.43. The molecule has 106 valence electrons. The number of ether oxygens (including phenoxy) is 1. The third-order valence-electron chi connectivity index (χ3n) is 2.34. The van der Waals surface area contributed by atoms with Crippen LogP contribution in [-0.4, -0.2) is 11.5 Å². The second-order valence-electron chi connectivity index (χ2n) is 3.81. The van der Waals surface area contributed by atoms with E-state index in [0.717, 1.165) is 4.47 Å². The number of nitrogens with one attached hydrogen (secondary N) is 1. The Labute approximate surface area is 140 Å². The SMILES string of the molecule is CCNc1nc(Oc2cc(Br)ccc2Cl)c(Cl)cc1Cl. The maximum Gasteiger partial charge on any atom is 0.240 e. The van der Waals surface area contributed by atoms with Crippen LogP contribution in [0.1, 0.15) is 6.92 Å². The van der Waals surface area contributed by atoms with Crippen molar-refractivity contribution >= 4 is 56.6 Å². The molecular formula is C13H10BrCl3N2O. The van der Waals surface area contributed by atoms with Crippen LogP contribution in [0.4, 0.5) is 5.82 Å². The van der Waals surface area contributed by atoms with Crippen molar-refractivity contribution in [1.29, 1.82) is 0 Å². The number of nitrogens with zero attached hydrogens (tertiary/aromatic N) is 1. The van der Waals surface area contributed by atoms with Crippen molar-refractivity contribution in [2.45, 2.75) is 6.92 Å². The van der Waals surface area contributed by atoms with E-state index in [-0.39, 0.29) is 5.88 Å². The molecule has 1 aromatic carbocycles. The highest BCUT2D eigenvalue weighted by Gasteiger charge is 2.13. The van der Waals surface area contributed by atoms with E-state index in [0.29, 0.717) is 33.2 Å². The van der Waals surface area contributed by atoms with Crippen molar-refractivity contribution in [3.05, 3.63) is 43.8 Å². The lowest BCUT2D eigenvalue weighted by Gasteiger charge is -2.12. The summed E-state index contributed by atoms with van der Waals surface area (Å²) >= 11 is 21.6. The average molecular weight is 396 g/mol. The molecule has 0 unspecified atom stereocenters. The standard InChI is InChI=1S/C13H10BrCl3N2O/c1-2-18-12-9(16)6-10(17)13(19-12)20-11-5-7(14)3-4-8(11)15/h3-6H,2H2,1H3,(H,18,19). The molecule has 0 aliphatic carbocycles. The van der Waals surface area contributed by atoms with Gasteiger partial charge in [-0.3, -0.25) is 0 Å². The number of anilines is 1. The molecule has 7 heteroatoms. The molecule has 0 atom stereocenters. The van der Waals surface area contributed by atoms with Gasteiger partial charge in [-0.05, 0) is 31.2 Å². The second-order valence-corrected chi connectivity index (χ2v) is 5.95. The quantitative estimate of drug-likeness (QED) is 0.685. The normalized spacial score (nSPS) is 10.4. The van der Waals surface area contributed by atoms with E-state index in [2.05, 4.69) is 26.2 Å². The van der Waals surface area contributed by atoms with Crippen molar-refractivity contribution in [1.82, 2.24) is 4.98 Å². The summed E-state index contributed by atoms with van der Waals surface area (Å²) in [6.45, 7) is 2.63. The lowest BCUT2D eigenvalue weighted by Crippen LogP contribution is -2.01. The van der Waals surface area contributed by atoms with Gasteiger partial charge in [0, 0.05) is 11.0 Å². The Morgan fingerprint density at radius 2 is 1.90 bits per heavy atom. The van der Waals surface area contributed by atoms with Crippen LogP contribution in [-0.2, 0) is 0 Å². The number of rotatable bonds is 4. The molecule has 0 saturated carbocycles. The molecule has 0 aliphatic rings. The zero-order chi connectivity index (χ0) is 14.7. The first-order valence-electron chi connectivity index (χ1n) is 5.74. The van der Waals surface area contributed by atoms with Crippen LogP contribution in [0.25, 0.3) is 0 Å². The van der Waals surface area contributed by atoms with Gasteiger partial charge in [0.15, 0.2) is 0 Å². The highest BCUT2D eigenvalue weighted by Crippen LogP contribution is 2.36. The summed E-state index contributed by atoms with van der Waals surface area (Å²) in [6.07, 6.45) is 0. The Morgan fingerprint density at radius 3 is 2.60 bits per heavy atom. The van der Waals surface area contributed by atoms with E-state index in [9.17, 15) is 0 Å². The third kappa shape index (κ3) is 3.70. The first-order valence-corrected chi connectivity index (χ1v) is 7.66. The lowest BCUT2D eigenvalue weighted by molar-refractivity contribution is 0.464. The van der Waals surface area contributed by atoms with Gasteiger partial charge in [0.05, 0.1) is 10.0 Å². The molecule has 0 fully saturated rings. The van der Waals surface area contributed by atoms with Crippen LogP contribution in [0.5, 0.6) is 11.6 Å². The van der Waals surface area contributed by atoms with Gasteiger partial charge in [0.2, 0.25) is 5.88 Å². The first kappa shape index (κ1) is 15.7. The molecule has 2 aromatic rings. The summed E-state index contributed by atoms with van der Waals surface area (Å²) in [7, 11) is 0. The monoisotopic (exact) mass is 394 g/mol. The van der Waals surface area contributed by atoms with Crippen molar-refractivity contribution in [3.8, 4) is 11.6 Å². The molecule has 20 heavy (non-hydrogen) atoms. The van der Waals surface area contributed by atoms with Crippen LogP contribution in [0, 0.1) is 0 Å². The van der Waals surface area contributed by atoms with E-state index in [1.165, 1.54) is 0 Å². The number of hydrogen-bond acceptors (Lipinski definition) is 3. The van der Waals surface area contributed by atoms with Gasteiger partial charge >= 0.3 is 0 Å². The second kappa shape index (κ2) is 6.85. The first-order chi connectivity index (χ1) is 9.51. The van der Waals surface area contributed by atoms with E-state index in [1.54, 1.807) is 18.2 Å². The summed E-state index contributed by atoms with van der Waals surface area (Å²) in [4.78, 5) is 4.26. The predicted molar refractivity (Wildman–Crippen MR) is 87.6 cm³/mol. The van der Waals surface area contributed by atoms with Gasteiger partial charge in [0.1, 0.15) is 16.6 Å². The number of aromatic nitrogens is 1. The minimum atomic E-state index is 0.243. The Kier molecular flexibility index (Phi) is 5.38. The zero-order valence-corrected chi connectivity index (χ0v) is 14.2. The van der Waals surface area contributed by atoms with Crippen molar-refractivity contribution in [3.63, 3.8) is 0 Å². The Morgan fingerprint density at radius 1 is 1.15 bits per heavy atom. The van der Waals surface area contributed by atoms with Crippen LogP contribution < -0.4 is 10.1 Å². The van der Waals surface area contributed by atoms with Crippen LogP contribution in [0.2, 0.25) is 15.1 Å². The van der Waals surface area contributed by atoms with Gasteiger partial charge in [-0.1, -0.05) is 50.7 Å². The molecule has 2 rings (SSSR count). The van der Waals surface area contributed by atoms with Gasteiger partial charge in [-0.15, -0.1) is 0 Å². The number of pyridine rings is 1. The minimum Gasteiger partial charge on any atom is -0.436 e. The van der Waals surface area contributed by atoms with Crippen molar-refractivity contribution < 1.29 is 4.74 Å². The zero-order valence-electron chi connectivity index (χ0n) is 10.4. The van der Waals surface area contributed by atoms with Crippen molar-refractivity contribution in [2.24, 2.45) is 0 Å². The Hall–Kier alpha value is -0.680. The van der Waals surface area contributed by atoms with Gasteiger partial charge in [-0.25, -0.2) is 0 Å². The fraction of sp³-hybridized carbons (Fsp3) is 0.154. The molecule has 0 saturated heterocycles. The summed E-state index contributed by atoms with van der Waals surface area (Å²) < 4.78 is 6.50. The molecule has 3 nitrogen and oxygen atoms in total. The van der Waals surface area contributed by atoms with E-state index in [1.807, 2.05) is 13.0 Å². The summed E-state index contributed by atoms with van der Waals surface area (Å²) in [6, 6.07) is 6.85.